The van der Waals surface area contributed by atoms with Gasteiger partial charge in [-0.05, 0) is 48.0 Å². The summed E-state index contributed by atoms with van der Waals surface area (Å²) in [4.78, 5) is 17.4. The molecule has 4 rings (SSSR count). The summed E-state index contributed by atoms with van der Waals surface area (Å²) in [6, 6.07) is 17.7. The highest BCUT2D eigenvalue weighted by molar-refractivity contribution is 7.22. The summed E-state index contributed by atoms with van der Waals surface area (Å²) in [5.74, 6) is -1.37. The second kappa shape index (κ2) is 14.4. The fourth-order valence-corrected chi connectivity index (χ4v) is 4.15. The van der Waals surface area contributed by atoms with Gasteiger partial charge in [0.2, 0.25) is 0 Å². The number of carbonyl (C=O) groups is 1. The van der Waals surface area contributed by atoms with Gasteiger partial charge >= 0.3 is 18.3 Å². The van der Waals surface area contributed by atoms with Crippen molar-refractivity contribution < 1.29 is 45.7 Å². The molecule has 1 heterocycles. The Morgan fingerprint density at radius 1 is 0.953 bits per heavy atom. The summed E-state index contributed by atoms with van der Waals surface area (Å²) in [5.41, 5.74) is 11.6. The summed E-state index contributed by atoms with van der Waals surface area (Å²) < 4.78 is 82.7. The molecule has 230 valence electrons. The standard InChI is InChI=1S/C25H24F3N5O2S.C2HF3O2/c26-25(27,28)17-3-1-4-19(13-17)35-20-9-10-21-22(14-20)36-24(33-21)32-15-16-5-7-18(8-6-16)34-12-2-11-31-23(29)30;3-2(4,5)1(6)7/h1,3-10,13-14H,2,11-12,15H2,(H,32,33)(H4,29,30,31);(H,6,7). The third kappa shape index (κ3) is 10.9. The Morgan fingerprint density at radius 3 is 2.23 bits per heavy atom. The van der Waals surface area contributed by atoms with E-state index in [4.69, 9.17) is 30.8 Å². The number of benzene rings is 3. The van der Waals surface area contributed by atoms with Crippen molar-refractivity contribution in [1.29, 1.82) is 0 Å². The number of anilines is 1. The molecule has 16 heteroatoms. The van der Waals surface area contributed by atoms with Crippen molar-refractivity contribution in [1.82, 2.24) is 4.98 Å². The van der Waals surface area contributed by atoms with Crippen LogP contribution in [0.5, 0.6) is 17.2 Å². The number of rotatable bonds is 10. The zero-order valence-corrected chi connectivity index (χ0v) is 22.9. The van der Waals surface area contributed by atoms with Crippen LogP contribution in [-0.4, -0.2) is 41.3 Å². The Hall–Kier alpha value is -4.73. The lowest BCUT2D eigenvalue weighted by Gasteiger charge is -2.09. The average Bonchev–Trinajstić information content (AvgIpc) is 3.34. The van der Waals surface area contributed by atoms with Crippen LogP contribution in [0.1, 0.15) is 17.5 Å². The molecule has 0 aliphatic carbocycles. The number of nitrogens with zero attached hydrogens (tertiary/aromatic N) is 2. The molecule has 43 heavy (non-hydrogen) atoms. The highest BCUT2D eigenvalue weighted by atomic mass is 32.1. The van der Waals surface area contributed by atoms with Gasteiger partial charge in [0, 0.05) is 25.6 Å². The van der Waals surface area contributed by atoms with E-state index in [2.05, 4.69) is 15.3 Å². The Bertz CT molecular complexity index is 1540. The zero-order chi connectivity index (χ0) is 31.6. The molecule has 6 N–H and O–H groups in total. The third-order valence-electron chi connectivity index (χ3n) is 5.23. The van der Waals surface area contributed by atoms with Crippen LogP contribution in [0.25, 0.3) is 10.2 Å². The molecule has 0 aliphatic rings. The van der Waals surface area contributed by atoms with Gasteiger partial charge in [0.1, 0.15) is 17.2 Å². The number of hydrogen-bond acceptors (Lipinski definition) is 7. The van der Waals surface area contributed by atoms with Crippen LogP contribution in [-0.2, 0) is 17.5 Å². The van der Waals surface area contributed by atoms with Gasteiger partial charge in [-0.2, -0.15) is 26.3 Å². The normalized spacial score (nSPS) is 11.3. The van der Waals surface area contributed by atoms with E-state index in [1.165, 1.54) is 23.5 Å². The number of ether oxygens (including phenoxy) is 2. The van der Waals surface area contributed by atoms with Crippen LogP contribution >= 0.6 is 11.3 Å². The molecule has 0 atom stereocenters. The van der Waals surface area contributed by atoms with E-state index in [0.717, 1.165) is 38.8 Å². The molecule has 0 spiro atoms. The highest BCUT2D eigenvalue weighted by Crippen LogP contribution is 2.34. The first-order valence-corrected chi connectivity index (χ1v) is 13.1. The van der Waals surface area contributed by atoms with E-state index in [0.29, 0.717) is 31.9 Å². The molecule has 0 saturated carbocycles. The Kier molecular flexibility index (Phi) is 11.0. The molecule has 3 aromatic carbocycles. The second-order valence-electron chi connectivity index (χ2n) is 8.59. The minimum atomic E-state index is -5.08. The number of hydrogen-bond donors (Lipinski definition) is 4. The average molecular weight is 630 g/mol. The van der Waals surface area contributed by atoms with E-state index in [1.807, 2.05) is 24.3 Å². The Labute approximate surface area is 244 Å². The first kappa shape index (κ1) is 32.8. The minimum Gasteiger partial charge on any atom is -0.494 e. The molecule has 1 aromatic heterocycles. The fraction of sp³-hybridized carbons (Fsp3) is 0.222. The van der Waals surface area contributed by atoms with Gasteiger partial charge in [-0.15, -0.1) is 0 Å². The Morgan fingerprint density at radius 2 is 1.60 bits per heavy atom. The predicted octanol–water partition coefficient (Wildman–Crippen LogP) is 6.40. The summed E-state index contributed by atoms with van der Waals surface area (Å²) in [5, 5.41) is 11.1. The number of aromatic nitrogens is 1. The molecule has 4 aromatic rings. The number of thiazole rings is 1. The number of nitrogens with one attached hydrogen (secondary N) is 1. The lowest BCUT2D eigenvalue weighted by molar-refractivity contribution is -0.192. The minimum absolute atomic E-state index is 0.0730. The SMILES string of the molecule is NC(N)=NCCCOc1ccc(CNc2nc3ccc(Oc4cccc(C(F)(F)F)c4)cc3s2)cc1.O=C(O)C(F)(F)F. The van der Waals surface area contributed by atoms with Crippen LogP contribution in [0.4, 0.5) is 31.5 Å². The number of aliphatic carboxylic acids is 1. The number of carboxylic acids is 1. The van der Waals surface area contributed by atoms with E-state index < -0.39 is 23.9 Å². The summed E-state index contributed by atoms with van der Waals surface area (Å²) in [6.45, 7) is 1.60. The highest BCUT2D eigenvalue weighted by Gasteiger charge is 2.38. The van der Waals surface area contributed by atoms with Crippen molar-refractivity contribution in [3.05, 3.63) is 77.9 Å². The van der Waals surface area contributed by atoms with E-state index in [9.17, 15) is 26.3 Å². The number of aliphatic imine (C=N–C) groups is 1. The van der Waals surface area contributed by atoms with Crippen LogP contribution in [0.15, 0.2) is 71.7 Å². The molecule has 0 bridgehead atoms. The molecule has 0 saturated heterocycles. The summed E-state index contributed by atoms with van der Waals surface area (Å²) in [6.07, 6.45) is -8.80. The quantitative estimate of drug-likeness (QED) is 0.0683. The molecule has 0 fully saturated rings. The van der Waals surface area contributed by atoms with Crippen molar-refractivity contribution in [2.45, 2.75) is 25.3 Å². The monoisotopic (exact) mass is 629 g/mol. The molecule has 0 unspecified atom stereocenters. The first-order valence-electron chi connectivity index (χ1n) is 12.3. The number of carboxylic acid groups (broad SMARTS) is 1. The summed E-state index contributed by atoms with van der Waals surface area (Å²) >= 11 is 1.43. The largest absolute Gasteiger partial charge is 0.494 e. The maximum absolute atomic E-state index is 12.9. The third-order valence-corrected chi connectivity index (χ3v) is 6.21. The van der Waals surface area contributed by atoms with E-state index in [1.54, 1.807) is 18.2 Å². The van der Waals surface area contributed by atoms with Crippen molar-refractivity contribution in [2.24, 2.45) is 16.5 Å². The number of nitrogens with two attached hydrogens (primary N) is 2. The first-order chi connectivity index (χ1) is 20.2. The molecule has 0 aliphatic heterocycles. The lowest BCUT2D eigenvalue weighted by Crippen LogP contribution is -2.23. The number of guanidine groups is 1. The molecule has 9 nitrogen and oxygen atoms in total. The van der Waals surface area contributed by atoms with Crippen molar-refractivity contribution in [2.75, 3.05) is 18.5 Å². The van der Waals surface area contributed by atoms with Crippen molar-refractivity contribution >= 4 is 38.6 Å². The Balaban J connectivity index is 0.000000646. The molecular formula is C27H25F6N5O4S. The van der Waals surface area contributed by atoms with Gasteiger partial charge in [0.15, 0.2) is 11.1 Å². The van der Waals surface area contributed by atoms with E-state index in [-0.39, 0.29) is 11.7 Å². The molecular weight excluding hydrogens is 604 g/mol. The van der Waals surface area contributed by atoms with Gasteiger partial charge in [-0.25, -0.2) is 9.78 Å². The molecule has 0 radical (unpaired) electrons. The fourth-order valence-electron chi connectivity index (χ4n) is 3.26. The zero-order valence-electron chi connectivity index (χ0n) is 22.1. The lowest BCUT2D eigenvalue weighted by atomic mass is 10.2. The smallest absolute Gasteiger partial charge is 0.490 e. The van der Waals surface area contributed by atoms with Gasteiger partial charge in [-0.3, -0.25) is 4.99 Å². The van der Waals surface area contributed by atoms with Crippen LogP contribution in [0.3, 0.4) is 0 Å². The number of fused-ring (bicyclic) bond motifs is 1. The topological polar surface area (TPSA) is 145 Å². The summed E-state index contributed by atoms with van der Waals surface area (Å²) in [7, 11) is 0. The van der Waals surface area contributed by atoms with Crippen molar-refractivity contribution in [3.63, 3.8) is 0 Å². The van der Waals surface area contributed by atoms with Gasteiger partial charge in [0.25, 0.3) is 0 Å². The van der Waals surface area contributed by atoms with Crippen LogP contribution < -0.4 is 26.3 Å². The van der Waals surface area contributed by atoms with Crippen molar-refractivity contribution in [3.8, 4) is 17.2 Å². The van der Waals surface area contributed by atoms with Gasteiger partial charge in [-0.1, -0.05) is 29.5 Å². The number of halogens is 6. The van der Waals surface area contributed by atoms with Crippen LogP contribution in [0, 0.1) is 0 Å². The van der Waals surface area contributed by atoms with E-state index >= 15 is 0 Å². The molecule has 0 amide bonds. The maximum atomic E-state index is 12.9. The second-order valence-corrected chi connectivity index (χ2v) is 9.62. The van der Waals surface area contributed by atoms with Gasteiger partial charge < -0.3 is 31.4 Å². The van der Waals surface area contributed by atoms with Gasteiger partial charge in [0.05, 0.1) is 22.4 Å². The predicted molar refractivity (Wildman–Crippen MR) is 149 cm³/mol. The number of alkyl halides is 6. The van der Waals surface area contributed by atoms with Crippen LogP contribution in [0.2, 0.25) is 0 Å². The maximum Gasteiger partial charge on any atom is 0.490 e.